The van der Waals surface area contributed by atoms with Gasteiger partial charge in [0.25, 0.3) is 10.2 Å². The third-order valence-electron chi connectivity index (χ3n) is 5.90. The number of aromatic nitrogens is 2. The second-order valence-corrected chi connectivity index (χ2v) is 10.8. The number of nitrogens with one attached hydrogen (secondary N) is 2. The summed E-state index contributed by atoms with van der Waals surface area (Å²) >= 11 is 0. The molecule has 11 heteroatoms. The van der Waals surface area contributed by atoms with Crippen molar-refractivity contribution in [3.63, 3.8) is 0 Å². The van der Waals surface area contributed by atoms with Crippen LogP contribution in [-0.4, -0.2) is 30.8 Å². The Bertz CT molecular complexity index is 1320. The van der Waals surface area contributed by atoms with Crippen LogP contribution in [0, 0.1) is 5.92 Å². The van der Waals surface area contributed by atoms with Gasteiger partial charge in [0.1, 0.15) is 5.75 Å². The van der Waals surface area contributed by atoms with Gasteiger partial charge in [0.05, 0.1) is 11.3 Å². The first kappa shape index (κ1) is 26.2. The minimum atomic E-state index is -4.41. The summed E-state index contributed by atoms with van der Waals surface area (Å²) < 4.78 is 75.9. The number of benzene rings is 2. The molecule has 0 fully saturated rings. The van der Waals surface area contributed by atoms with Crippen LogP contribution in [-0.2, 0) is 35.8 Å². The van der Waals surface area contributed by atoms with Crippen molar-refractivity contribution in [2.45, 2.75) is 52.4 Å². The van der Waals surface area contributed by atoms with Gasteiger partial charge in [-0.25, -0.2) is 4.72 Å². The third kappa shape index (κ3) is 6.26. The molecule has 1 aromatic heterocycles. The fourth-order valence-corrected chi connectivity index (χ4v) is 5.39. The van der Waals surface area contributed by atoms with Crippen LogP contribution in [0.4, 0.5) is 13.2 Å². The lowest BCUT2D eigenvalue weighted by molar-refractivity contribution is -0.137. The van der Waals surface area contributed by atoms with Crippen molar-refractivity contribution in [3.8, 4) is 22.9 Å². The minimum Gasteiger partial charge on any atom is -0.438 e. The molecule has 0 spiro atoms. The predicted molar refractivity (Wildman–Crippen MR) is 131 cm³/mol. The molecule has 2 N–H and O–H groups in total. The normalized spacial score (nSPS) is 15.9. The van der Waals surface area contributed by atoms with Crippen LogP contribution in [0.1, 0.15) is 37.5 Å². The van der Waals surface area contributed by atoms with Crippen molar-refractivity contribution in [2.24, 2.45) is 5.92 Å². The predicted octanol–water partition coefficient (Wildman–Crippen LogP) is 4.93. The molecule has 0 saturated carbocycles. The SMILES string of the molecule is CCn1nc(Oc2ccc(C(F)(F)F)cc2)cc1-c1ccc2c(c1)CC(NS(=O)(=O)NCC(C)C)C2. The number of ether oxygens (including phenoxy) is 1. The molecule has 0 radical (unpaired) electrons. The molecule has 2 aromatic carbocycles. The third-order valence-corrected chi connectivity index (χ3v) is 7.09. The van der Waals surface area contributed by atoms with E-state index in [9.17, 15) is 21.6 Å². The number of fused-ring (bicyclic) bond motifs is 1. The summed E-state index contributed by atoms with van der Waals surface area (Å²) in [5.74, 6) is 0.737. The molecular weight excluding hydrogens is 493 g/mol. The van der Waals surface area contributed by atoms with Crippen LogP contribution in [0.15, 0.2) is 48.5 Å². The molecule has 0 bridgehead atoms. The molecule has 1 atom stereocenters. The average Bonchev–Trinajstić information content (AvgIpc) is 3.39. The fourth-order valence-electron chi connectivity index (χ4n) is 4.15. The number of halogens is 3. The molecule has 0 aliphatic heterocycles. The zero-order chi connectivity index (χ0) is 26.1. The Morgan fingerprint density at radius 3 is 2.42 bits per heavy atom. The summed E-state index contributed by atoms with van der Waals surface area (Å²) in [5.41, 5.74) is 3.08. The van der Waals surface area contributed by atoms with Crippen LogP contribution < -0.4 is 14.2 Å². The highest BCUT2D eigenvalue weighted by atomic mass is 32.2. The zero-order valence-corrected chi connectivity index (χ0v) is 21.1. The summed E-state index contributed by atoms with van der Waals surface area (Å²) in [6, 6.07) is 12.0. The molecule has 4 rings (SSSR count). The first-order valence-corrected chi connectivity index (χ1v) is 13.2. The molecular formula is C25H29F3N4O3S. The van der Waals surface area contributed by atoms with Crippen molar-refractivity contribution >= 4 is 10.2 Å². The van der Waals surface area contributed by atoms with Crippen LogP contribution in [0.25, 0.3) is 11.3 Å². The van der Waals surface area contributed by atoms with Crippen LogP contribution in [0.3, 0.4) is 0 Å². The van der Waals surface area contributed by atoms with E-state index in [0.29, 0.717) is 25.9 Å². The molecule has 3 aromatic rings. The van der Waals surface area contributed by atoms with Gasteiger partial charge in [-0.3, -0.25) is 4.68 Å². The second-order valence-electron chi connectivity index (χ2n) is 9.26. The summed E-state index contributed by atoms with van der Waals surface area (Å²) in [7, 11) is -3.58. The smallest absolute Gasteiger partial charge is 0.416 e. The first-order valence-electron chi connectivity index (χ1n) is 11.8. The Morgan fingerprint density at radius 2 is 1.78 bits per heavy atom. The average molecular weight is 523 g/mol. The fraction of sp³-hybridized carbons (Fsp3) is 0.400. The monoisotopic (exact) mass is 522 g/mol. The van der Waals surface area contributed by atoms with Gasteiger partial charge in [0.15, 0.2) is 0 Å². The lowest BCUT2D eigenvalue weighted by atomic mass is 10.0. The topological polar surface area (TPSA) is 85.2 Å². The lowest BCUT2D eigenvalue weighted by Gasteiger charge is -2.14. The van der Waals surface area contributed by atoms with Crippen molar-refractivity contribution in [1.29, 1.82) is 0 Å². The van der Waals surface area contributed by atoms with Gasteiger partial charge in [-0.1, -0.05) is 26.0 Å². The van der Waals surface area contributed by atoms with Crippen molar-refractivity contribution in [1.82, 2.24) is 19.2 Å². The number of hydrogen-bond acceptors (Lipinski definition) is 4. The molecule has 1 unspecified atom stereocenters. The maximum atomic E-state index is 12.8. The van der Waals surface area contributed by atoms with Crippen molar-refractivity contribution in [2.75, 3.05) is 6.54 Å². The van der Waals surface area contributed by atoms with Gasteiger partial charge >= 0.3 is 6.18 Å². The minimum absolute atomic E-state index is 0.210. The Hall–Kier alpha value is -2.89. The second kappa shape index (κ2) is 10.2. The molecule has 194 valence electrons. The molecule has 1 heterocycles. The van der Waals surface area contributed by atoms with Gasteiger partial charge in [0.2, 0.25) is 5.88 Å². The van der Waals surface area contributed by atoms with E-state index in [1.165, 1.54) is 12.1 Å². The van der Waals surface area contributed by atoms with Gasteiger partial charge in [0, 0.05) is 30.8 Å². The quantitative estimate of drug-likeness (QED) is 0.418. The number of nitrogens with zero attached hydrogens (tertiary/aromatic N) is 2. The molecule has 1 aliphatic carbocycles. The van der Waals surface area contributed by atoms with E-state index in [1.54, 1.807) is 10.7 Å². The van der Waals surface area contributed by atoms with E-state index >= 15 is 0 Å². The van der Waals surface area contributed by atoms with Crippen molar-refractivity contribution < 1.29 is 26.3 Å². The van der Waals surface area contributed by atoms with Gasteiger partial charge in [-0.2, -0.15) is 26.3 Å². The highest BCUT2D eigenvalue weighted by Crippen LogP contribution is 2.33. The Kier molecular flexibility index (Phi) is 7.44. The Balaban J connectivity index is 1.48. The lowest BCUT2D eigenvalue weighted by Crippen LogP contribution is -2.44. The maximum Gasteiger partial charge on any atom is 0.416 e. The number of hydrogen-bond donors (Lipinski definition) is 2. The van der Waals surface area contributed by atoms with E-state index in [2.05, 4.69) is 14.5 Å². The zero-order valence-electron chi connectivity index (χ0n) is 20.3. The van der Waals surface area contributed by atoms with E-state index in [4.69, 9.17) is 4.74 Å². The van der Waals surface area contributed by atoms with Gasteiger partial charge < -0.3 is 4.74 Å². The van der Waals surface area contributed by atoms with Crippen LogP contribution in [0.2, 0.25) is 0 Å². The van der Waals surface area contributed by atoms with E-state index < -0.39 is 21.9 Å². The standard InChI is InChI=1S/C25H29F3N4O3S/c1-4-32-23(14-24(30-32)35-22-9-7-20(8-10-22)25(26,27)28)18-6-5-17-12-21(13-19(17)11-18)31-36(33,34)29-15-16(2)3/h5-11,14,16,21,29,31H,4,12-13,15H2,1-3H3. The highest BCUT2D eigenvalue weighted by molar-refractivity contribution is 7.87. The molecule has 0 saturated heterocycles. The van der Waals surface area contributed by atoms with Gasteiger partial charge in [-0.05, 0) is 67.1 Å². The first-order chi connectivity index (χ1) is 16.9. The summed E-state index contributed by atoms with van der Waals surface area (Å²) in [6.07, 6.45) is -3.24. The van der Waals surface area contributed by atoms with E-state index in [0.717, 1.165) is 34.5 Å². The van der Waals surface area contributed by atoms with E-state index in [1.807, 2.05) is 39.0 Å². The number of aryl methyl sites for hydroxylation is 1. The Labute approximate surface area is 208 Å². The number of alkyl halides is 3. The van der Waals surface area contributed by atoms with Gasteiger partial charge in [-0.15, -0.1) is 5.10 Å². The molecule has 1 aliphatic rings. The van der Waals surface area contributed by atoms with Crippen LogP contribution in [0.5, 0.6) is 11.6 Å². The highest BCUT2D eigenvalue weighted by Gasteiger charge is 2.30. The summed E-state index contributed by atoms with van der Waals surface area (Å²) in [5, 5.41) is 4.44. The Morgan fingerprint density at radius 1 is 1.08 bits per heavy atom. The molecule has 0 amide bonds. The summed E-state index contributed by atoms with van der Waals surface area (Å²) in [4.78, 5) is 0. The largest absolute Gasteiger partial charge is 0.438 e. The van der Waals surface area contributed by atoms with E-state index in [-0.39, 0.29) is 23.6 Å². The summed E-state index contributed by atoms with van der Waals surface area (Å²) in [6.45, 7) is 6.75. The molecule has 36 heavy (non-hydrogen) atoms. The van der Waals surface area contributed by atoms with Crippen LogP contribution >= 0.6 is 0 Å². The molecule has 7 nitrogen and oxygen atoms in total. The maximum absolute atomic E-state index is 12.8. The number of rotatable bonds is 9. The van der Waals surface area contributed by atoms with Crippen molar-refractivity contribution in [3.05, 3.63) is 65.2 Å².